The Morgan fingerprint density at radius 3 is 0.925 bits per heavy atom. The molecule has 28 bridgehead atoms. The van der Waals surface area contributed by atoms with Crippen LogP contribution in [0.15, 0.2) is 0 Å². The van der Waals surface area contributed by atoms with Crippen LogP contribution in [0, 0.1) is 140 Å². The molecule has 0 aliphatic heterocycles. The molecule has 26 rings (SSSR count). The van der Waals surface area contributed by atoms with Gasteiger partial charge in [-0.3, -0.25) is 0 Å². The van der Waals surface area contributed by atoms with Gasteiger partial charge in [-0.25, -0.2) is 0 Å². The van der Waals surface area contributed by atoms with E-state index in [0.717, 1.165) is 153 Å². The van der Waals surface area contributed by atoms with Crippen molar-refractivity contribution in [2.75, 3.05) is 6.61 Å². The van der Waals surface area contributed by atoms with E-state index in [1.807, 2.05) is 0 Å². The molecule has 286 valence electrons. The van der Waals surface area contributed by atoms with Crippen molar-refractivity contribution in [3.05, 3.63) is 0 Å². The van der Waals surface area contributed by atoms with Crippen LogP contribution in [-0.4, -0.2) is 50.5 Å². The third-order valence-electron chi connectivity index (χ3n) is 25.5. The summed E-state index contributed by atoms with van der Waals surface area (Å²) in [5.41, 5.74) is 0.385. The van der Waals surface area contributed by atoms with Crippen LogP contribution in [0.1, 0.15) is 103 Å². The molecular weight excluding hydrogens is 673 g/mol. The van der Waals surface area contributed by atoms with Crippen LogP contribution in [0.4, 0.5) is 13.2 Å². The lowest BCUT2D eigenvalue weighted by Gasteiger charge is -2.92. The summed E-state index contributed by atoms with van der Waals surface area (Å²) in [6.45, 7) is -1.05. The van der Waals surface area contributed by atoms with Crippen molar-refractivity contribution >= 4 is 0 Å². The van der Waals surface area contributed by atoms with Crippen molar-refractivity contribution in [1.29, 1.82) is 0 Å². The molecule has 0 aromatic heterocycles. The molecule has 3 N–H and O–H groups in total. The summed E-state index contributed by atoms with van der Waals surface area (Å²) in [5, 5.41) is 34.2. The van der Waals surface area contributed by atoms with Gasteiger partial charge in [0.1, 0.15) is 6.61 Å². The molecule has 7 heteroatoms. The smallest absolute Gasteiger partial charge is 0.390 e. The fourth-order valence-corrected chi connectivity index (χ4v) is 27.4. The monoisotopic (exact) mass is 730 g/mol. The molecule has 0 saturated heterocycles. The van der Waals surface area contributed by atoms with E-state index < -0.39 is 18.4 Å². The van der Waals surface area contributed by atoms with E-state index in [1.165, 1.54) is 38.5 Å². The van der Waals surface area contributed by atoms with Crippen LogP contribution in [0.5, 0.6) is 0 Å². The van der Waals surface area contributed by atoms with E-state index in [2.05, 4.69) is 0 Å². The van der Waals surface area contributed by atoms with Gasteiger partial charge in [-0.1, -0.05) is 0 Å². The molecule has 4 spiro atoms. The number of ether oxygens (including phenoxy) is 1. The lowest BCUT2D eigenvalue weighted by atomic mass is 9.13. The first-order valence-corrected chi connectivity index (χ1v) is 23.0. The molecule has 16 unspecified atom stereocenters. The predicted molar refractivity (Wildman–Crippen MR) is 183 cm³/mol. The molecule has 53 heavy (non-hydrogen) atoms. The topological polar surface area (TPSA) is 69.9 Å². The molecule has 26 aliphatic rings. The first-order valence-electron chi connectivity index (χ1n) is 23.0. The largest absolute Gasteiger partial charge is 0.411 e. The molecule has 16 atom stereocenters. The van der Waals surface area contributed by atoms with Crippen LogP contribution in [0.25, 0.3) is 0 Å². The number of halogens is 3. The highest BCUT2D eigenvalue weighted by Crippen LogP contribution is 2.95. The van der Waals surface area contributed by atoms with E-state index in [0.29, 0.717) is 45.8 Å². The zero-order valence-electron chi connectivity index (χ0n) is 31.0. The molecule has 26 fully saturated rings. The minimum atomic E-state index is -4.22. The molecule has 0 aromatic carbocycles. The van der Waals surface area contributed by atoms with E-state index >= 15 is 0 Å². The van der Waals surface area contributed by atoms with Gasteiger partial charge in [0.25, 0.3) is 0 Å². The molecule has 0 aromatic rings. The lowest BCUT2D eigenvalue weighted by molar-refractivity contribution is -0.458. The second kappa shape index (κ2) is 7.64. The van der Waals surface area contributed by atoms with Gasteiger partial charge in [0.05, 0.1) is 22.4 Å². The van der Waals surface area contributed by atoms with Gasteiger partial charge in [-0.15, -0.1) is 0 Å². The quantitative estimate of drug-likeness (QED) is 0.281. The molecule has 0 heterocycles. The van der Waals surface area contributed by atoms with Crippen LogP contribution < -0.4 is 0 Å². The summed E-state index contributed by atoms with van der Waals surface area (Å²) >= 11 is 0. The van der Waals surface area contributed by atoms with Crippen molar-refractivity contribution < 1.29 is 33.2 Å². The Bertz CT molecular complexity index is 1730. The van der Waals surface area contributed by atoms with Crippen molar-refractivity contribution in [2.24, 2.45) is 140 Å². The summed E-state index contributed by atoms with van der Waals surface area (Å²) in [7, 11) is 0. The lowest BCUT2D eigenvalue weighted by Crippen LogP contribution is -2.88. The highest BCUT2D eigenvalue weighted by molar-refractivity contribution is 5.39. The Kier molecular flexibility index (Phi) is 4.29. The van der Waals surface area contributed by atoms with Gasteiger partial charge in [0, 0.05) is 0 Å². The molecule has 26 aliphatic carbocycles. The minimum Gasteiger partial charge on any atom is -0.390 e. The zero-order valence-corrected chi connectivity index (χ0v) is 31.0. The van der Waals surface area contributed by atoms with Crippen molar-refractivity contribution in [1.82, 2.24) is 0 Å². The number of alkyl halides is 3. The Balaban J connectivity index is 0.000000101. The first-order chi connectivity index (χ1) is 25.2. The maximum atomic E-state index is 13.1. The summed E-state index contributed by atoms with van der Waals surface area (Å²) in [4.78, 5) is 0. The number of hydrogen-bond acceptors (Lipinski definition) is 4. The van der Waals surface area contributed by atoms with Gasteiger partial charge in [0.15, 0.2) is 0 Å². The number of rotatable bonds is 2. The molecule has 4 nitrogen and oxygen atoms in total. The molecule has 26 saturated carbocycles. The Labute approximate surface area is 310 Å². The van der Waals surface area contributed by atoms with Gasteiger partial charge in [0.2, 0.25) is 0 Å². The van der Waals surface area contributed by atoms with E-state index in [9.17, 15) is 28.5 Å². The highest BCUT2D eigenvalue weighted by Gasteiger charge is 2.91. The second-order valence-electron chi connectivity index (χ2n) is 26.0. The maximum absolute atomic E-state index is 13.1. The van der Waals surface area contributed by atoms with Crippen LogP contribution >= 0.6 is 0 Å². The van der Waals surface area contributed by atoms with Crippen LogP contribution in [0.3, 0.4) is 0 Å². The fourth-order valence-electron chi connectivity index (χ4n) is 27.4. The van der Waals surface area contributed by atoms with Gasteiger partial charge < -0.3 is 20.1 Å². The maximum Gasteiger partial charge on any atom is 0.411 e. The molecular formula is C46H57F3O4. The second-order valence-corrected chi connectivity index (χ2v) is 26.0. The van der Waals surface area contributed by atoms with Crippen LogP contribution in [-0.2, 0) is 4.74 Å². The number of hydrogen-bond donors (Lipinski definition) is 3. The number of aliphatic hydroxyl groups is 3. The minimum absolute atomic E-state index is 0.273. The average Bonchev–Trinajstić information content (AvgIpc) is 3.07. The van der Waals surface area contributed by atoms with E-state index in [4.69, 9.17) is 4.74 Å². The summed E-state index contributed by atoms with van der Waals surface area (Å²) < 4.78 is 45.1. The van der Waals surface area contributed by atoms with Gasteiger partial charge in [-0.05, 0) is 243 Å². The fraction of sp³-hybridized carbons (Fsp3) is 1.00. The third kappa shape index (κ3) is 2.66. The van der Waals surface area contributed by atoms with Gasteiger partial charge >= 0.3 is 6.18 Å². The zero-order chi connectivity index (χ0) is 34.8. The Hall–Kier alpha value is -0.370. The predicted octanol–water partition coefficient (Wildman–Crippen LogP) is 7.24. The summed E-state index contributed by atoms with van der Waals surface area (Å²) in [5.74, 6) is 16.3. The van der Waals surface area contributed by atoms with E-state index in [1.54, 1.807) is 0 Å². The van der Waals surface area contributed by atoms with E-state index in [-0.39, 0.29) is 22.2 Å². The first kappa shape index (κ1) is 29.8. The molecule has 0 radical (unpaired) electrons. The van der Waals surface area contributed by atoms with Gasteiger partial charge in [-0.2, -0.15) is 13.2 Å². The SMILES string of the molecule is OC12CC3C4CC56CC7(O)CC8C9CC(C1)(C3C85)C(C4C2)C6C9C7.OC12CC3C4CC56CC7(OCC(F)(F)F)CC8C9CC(C1)(C3C85)C(C4C2)C6C9C7. The Morgan fingerprint density at radius 2 is 0.642 bits per heavy atom. The average molecular weight is 731 g/mol. The standard InChI is InChI=1S/C24H29F3O2.C22H28O2/c25-24(26,27)9-29-21-3-14-11-5-22-7-20(28)1-12-10-6-23(8-21,18(14)16(12)22)19(15(11)4-21)17(22)13(10)2-20;23-19-1-11-9-5-22-8-20(24)3-13-10-6-21(7-19,15(11)16(13)22)17(12(9)2-19)18(22)14(10)4-20/h10-19,28H,1-9H2;9-18,23-24H,1-8H2. The van der Waals surface area contributed by atoms with Crippen molar-refractivity contribution in [3.8, 4) is 0 Å². The summed E-state index contributed by atoms with van der Waals surface area (Å²) in [6, 6.07) is 0. The third-order valence-corrected chi connectivity index (χ3v) is 25.5. The normalized spacial score (nSPS) is 78.7. The Morgan fingerprint density at radius 1 is 0.377 bits per heavy atom. The summed E-state index contributed by atoms with van der Waals surface area (Å²) in [6.07, 6.45) is 14.0. The van der Waals surface area contributed by atoms with Crippen LogP contribution in [0.2, 0.25) is 0 Å². The molecule has 0 amide bonds. The van der Waals surface area contributed by atoms with Crippen molar-refractivity contribution in [2.45, 2.75) is 131 Å². The van der Waals surface area contributed by atoms with Crippen molar-refractivity contribution in [3.63, 3.8) is 0 Å². The highest BCUT2D eigenvalue weighted by atomic mass is 19.4.